The van der Waals surface area contributed by atoms with Crippen LogP contribution in [0.2, 0.25) is 0 Å². The molecule has 0 aromatic rings. The Bertz CT molecular complexity index is 254. The maximum Gasteiger partial charge on any atom is 0.211 e. The van der Waals surface area contributed by atoms with E-state index in [0.29, 0.717) is 18.8 Å². The average Bonchev–Trinajstić information content (AvgIpc) is 2.27. The molecule has 0 amide bonds. The van der Waals surface area contributed by atoms with Crippen LogP contribution < -0.4 is 4.72 Å². The van der Waals surface area contributed by atoms with E-state index >= 15 is 0 Å². The number of sulfonamides is 1. The predicted octanol–water partition coefficient (Wildman–Crippen LogP) is 1.27. The Morgan fingerprint density at radius 2 is 1.81 bits per heavy atom. The topological polar surface area (TPSA) is 49.4 Å². The molecule has 0 saturated heterocycles. The van der Waals surface area contributed by atoms with Crippen molar-refractivity contribution in [1.29, 1.82) is 0 Å². The second kappa shape index (κ2) is 9.22. The summed E-state index contributed by atoms with van der Waals surface area (Å²) in [7, 11) is -3.11. The first-order valence-corrected chi connectivity index (χ1v) is 8.00. The van der Waals surface area contributed by atoms with E-state index in [-0.39, 0.29) is 5.75 Å². The van der Waals surface area contributed by atoms with Crippen LogP contribution in [-0.4, -0.2) is 51.1 Å². The minimum absolute atomic E-state index is 0.127. The molecule has 0 aliphatic rings. The molecular formula is C10H23ClN2O2S. The molecule has 0 rings (SSSR count). The van der Waals surface area contributed by atoms with Gasteiger partial charge in [0.05, 0.1) is 5.75 Å². The molecule has 1 N–H and O–H groups in total. The van der Waals surface area contributed by atoms with Crippen LogP contribution in [0.3, 0.4) is 0 Å². The summed E-state index contributed by atoms with van der Waals surface area (Å²) in [4.78, 5) is 2.27. The molecule has 0 heterocycles. The van der Waals surface area contributed by atoms with Gasteiger partial charge in [-0.1, -0.05) is 13.8 Å². The summed E-state index contributed by atoms with van der Waals surface area (Å²) in [5.74, 6) is 0.516. The molecule has 0 radical (unpaired) electrons. The third-order valence-electron chi connectivity index (χ3n) is 2.41. The molecule has 0 saturated carbocycles. The number of halogens is 1. The van der Waals surface area contributed by atoms with E-state index in [2.05, 4.69) is 23.5 Å². The summed E-state index contributed by atoms with van der Waals surface area (Å²) in [6, 6.07) is 0. The van der Waals surface area contributed by atoms with E-state index in [9.17, 15) is 8.42 Å². The van der Waals surface area contributed by atoms with Crippen molar-refractivity contribution in [2.75, 3.05) is 37.8 Å². The number of nitrogens with zero attached hydrogens (tertiary/aromatic N) is 1. The van der Waals surface area contributed by atoms with E-state index in [1.165, 1.54) is 0 Å². The summed E-state index contributed by atoms with van der Waals surface area (Å²) in [6.45, 7) is 7.68. The van der Waals surface area contributed by atoms with E-state index < -0.39 is 10.0 Å². The molecular weight excluding hydrogens is 248 g/mol. The molecule has 0 atom stereocenters. The highest BCUT2D eigenvalue weighted by Gasteiger charge is 2.08. The lowest BCUT2D eigenvalue weighted by molar-refractivity contribution is 0.300. The Kier molecular flexibility index (Phi) is 9.31. The summed E-state index contributed by atoms with van der Waals surface area (Å²) in [5, 5.41) is 0. The molecule has 0 aliphatic carbocycles. The Morgan fingerprint density at radius 3 is 2.31 bits per heavy atom. The molecule has 0 fully saturated rings. The minimum Gasteiger partial charge on any atom is -0.304 e. The third-order valence-corrected chi connectivity index (χ3v) is 4.15. The zero-order chi connectivity index (χ0) is 12.4. The predicted molar refractivity (Wildman–Crippen MR) is 69.5 cm³/mol. The fourth-order valence-electron chi connectivity index (χ4n) is 1.39. The van der Waals surface area contributed by atoms with Gasteiger partial charge in [0.25, 0.3) is 0 Å². The van der Waals surface area contributed by atoms with E-state index in [4.69, 9.17) is 11.6 Å². The van der Waals surface area contributed by atoms with E-state index in [1.54, 1.807) is 0 Å². The number of rotatable bonds is 10. The van der Waals surface area contributed by atoms with Gasteiger partial charge in [-0.3, -0.25) is 0 Å². The third kappa shape index (κ3) is 8.33. The number of alkyl halides is 1. The molecule has 0 aromatic heterocycles. The molecule has 0 unspecified atom stereocenters. The molecule has 6 heteroatoms. The van der Waals surface area contributed by atoms with Crippen molar-refractivity contribution in [1.82, 2.24) is 9.62 Å². The van der Waals surface area contributed by atoms with Gasteiger partial charge in [0, 0.05) is 12.4 Å². The van der Waals surface area contributed by atoms with Crippen molar-refractivity contribution in [2.24, 2.45) is 0 Å². The van der Waals surface area contributed by atoms with Gasteiger partial charge in [-0.2, -0.15) is 0 Å². The van der Waals surface area contributed by atoms with Crippen LogP contribution in [0.15, 0.2) is 0 Å². The molecule has 0 bridgehead atoms. The summed E-state index contributed by atoms with van der Waals surface area (Å²) >= 11 is 5.45. The lowest BCUT2D eigenvalue weighted by Crippen LogP contribution is -2.31. The second-order valence-electron chi connectivity index (χ2n) is 3.64. The van der Waals surface area contributed by atoms with Gasteiger partial charge >= 0.3 is 0 Å². The van der Waals surface area contributed by atoms with Gasteiger partial charge in [-0.25, -0.2) is 13.1 Å². The first-order valence-electron chi connectivity index (χ1n) is 5.81. The number of hydrogen-bond donors (Lipinski definition) is 1. The normalized spacial score (nSPS) is 12.2. The highest BCUT2D eigenvalue weighted by molar-refractivity contribution is 7.89. The first-order chi connectivity index (χ1) is 7.55. The molecule has 4 nitrogen and oxygen atoms in total. The van der Waals surface area contributed by atoms with Gasteiger partial charge in [-0.15, -0.1) is 11.6 Å². The van der Waals surface area contributed by atoms with Crippen molar-refractivity contribution in [3.8, 4) is 0 Å². The zero-order valence-electron chi connectivity index (χ0n) is 10.2. The molecule has 0 aliphatic heterocycles. The Balaban J connectivity index is 3.64. The molecule has 0 aromatic carbocycles. The van der Waals surface area contributed by atoms with Crippen LogP contribution in [0, 0.1) is 0 Å². The Labute approximate surface area is 104 Å². The monoisotopic (exact) mass is 270 g/mol. The maximum atomic E-state index is 11.4. The highest BCUT2D eigenvalue weighted by Crippen LogP contribution is 1.94. The van der Waals surface area contributed by atoms with Crippen LogP contribution in [0.1, 0.15) is 26.7 Å². The zero-order valence-corrected chi connectivity index (χ0v) is 11.8. The van der Waals surface area contributed by atoms with Crippen LogP contribution in [0.5, 0.6) is 0 Å². The Morgan fingerprint density at radius 1 is 1.19 bits per heavy atom. The van der Waals surface area contributed by atoms with Crippen molar-refractivity contribution >= 4 is 21.6 Å². The lowest BCUT2D eigenvalue weighted by atomic mass is 10.4. The average molecular weight is 271 g/mol. The first kappa shape index (κ1) is 16.2. The number of nitrogens with one attached hydrogen (secondary N) is 1. The van der Waals surface area contributed by atoms with Crippen LogP contribution in [0.4, 0.5) is 0 Å². The van der Waals surface area contributed by atoms with Crippen molar-refractivity contribution in [3.05, 3.63) is 0 Å². The smallest absolute Gasteiger partial charge is 0.211 e. The minimum atomic E-state index is -3.11. The van der Waals surface area contributed by atoms with Crippen LogP contribution in [0.25, 0.3) is 0 Å². The summed E-state index contributed by atoms with van der Waals surface area (Å²) in [5.41, 5.74) is 0. The second-order valence-corrected chi connectivity index (χ2v) is 5.94. The van der Waals surface area contributed by atoms with Crippen molar-refractivity contribution in [3.63, 3.8) is 0 Å². The van der Waals surface area contributed by atoms with Crippen LogP contribution >= 0.6 is 11.6 Å². The SMILES string of the molecule is CCN(CC)CCCNS(=O)(=O)CCCCl. The maximum absolute atomic E-state index is 11.4. The highest BCUT2D eigenvalue weighted by atomic mass is 35.5. The van der Waals surface area contributed by atoms with Crippen LogP contribution in [-0.2, 0) is 10.0 Å². The van der Waals surface area contributed by atoms with Gasteiger partial charge in [0.2, 0.25) is 10.0 Å². The van der Waals surface area contributed by atoms with Gasteiger partial charge in [-0.05, 0) is 32.5 Å². The van der Waals surface area contributed by atoms with Gasteiger partial charge < -0.3 is 4.90 Å². The standard InChI is InChI=1S/C10H23ClN2O2S/c1-3-13(4-2)9-6-8-12-16(14,15)10-5-7-11/h12H,3-10H2,1-2H3. The largest absolute Gasteiger partial charge is 0.304 e. The Hall–Kier alpha value is 0.160. The molecule has 16 heavy (non-hydrogen) atoms. The quantitative estimate of drug-likeness (QED) is 0.480. The summed E-state index contributed by atoms with van der Waals surface area (Å²) < 4.78 is 25.4. The van der Waals surface area contributed by atoms with E-state index in [1.807, 2.05) is 0 Å². The van der Waals surface area contributed by atoms with Gasteiger partial charge in [0.15, 0.2) is 0 Å². The summed E-state index contributed by atoms with van der Waals surface area (Å²) in [6.07, 6.45) is 1.36. The number of hydrogen-bond acceptors (Lipinski definition) is 3. The van der Waals surface area contributed by atoms with Gasteiger partial charge in [0.1, 0.15) is 0 Å². The molecule has 98 valence electrons. The van der Waals surface area contributed by atoms with Crippen molar-refractivity contribution in [2.45, 2.75) is 26.7 Å². The van der Waals surface area contributed by atoms with Crippen molar-refractivity contribution < 1.29 is 8.42 Å². The lowest BCUT2D eigenvalue weighted by Gasteiger charge is -2.17. The van der Waals surface area contributed by atoms with E-state index in [0.717, 1.165) is 26.1 Å². The fraction of sp³-hybridized carbons (Fsp3) is 1.00. The molecule has 0 spiro atoms. The fourth-order valence-corrected chi connectivity index (χ4v) is 2.80.